The minimum atomic E-state index is -0.386. The van der Waals surface area contributed by atoms with Crippen molar-refractivity contribution in [3.8, 4) is 5.75 Å². The van der Waals surface area contributed by atoms with Gasteiger partial charge in [-0.2, -0.15) is 0 Å². The first kappa shape index (κ1) is 9.30. The van der Waals surface area contributed by atoms with Gasteiger partial charge in [-0.25, -0.2) is 0 Å². The molecule has 74 valence electrons. The molecular weight excluding hydrogens is 204 g/mol. The maximum Gasteiger partial charge on any atom is 0.246 e. The molecule has 0 aliphatic carbocycles. The molecule has 4 nitrogen and oxygen atoms in total. The summed E-state index contributed by atoms with van der Waals surface area (Å²) in [7, 11) is 1.69. The van der Waals surface area contributed by atoms with Crippen LogP contribution in [0.4, 0.5) is 5.69 Å². The molecule has 1 aliphatic rings. The van der Waals surface area contributed by atoms with E-state index in [1.165, 1.54) is 6.07 Å². The second kappa shape index (κ2) is 3.15. The highest BCUT2D eigenvalue weighted by molar-refractivity contribution is 6.32. The second-order valence-electron chi connectivity index (χ2n) is 3.10. The number of anilines is 1. The van der Waals surface area contributed by atoms with Gasteiger partial charge in [0.15, 0.2) is 0 Å². The van der Waals surface area contributed by atoms with Crippen molar-refractivity contribution in [3.63, 3.8) is 0 Å². The van der Waals surface area contributed by atoms with Crippen LogP contribution in [0.1, 0.15) is 11.6 Å². The summed E-state index contributed by atoms with van der Waals surface area (Å²) in [6.45, 7) is 0. The number of aromatic hydroxyl groups is 1. The number of likely N-dealkylation sites (N-methyl/N-ethyl adjacent to an activating group) is 1. The minimum absolute atomic E-state index is 0.0255. The monoisotopic (exact) mass is 212 g/mol. The van der Waals surface area contributed by atoms with Gasteiger partial charge in [0.25, 0.3) is 0 Å². The number of fused-ring (bicyclic) bond motifs is 1. The van der Waals surface area contributed by atoms with Crippen LogP contribution in [-0.4, -0.2) is 18.1 Å². The zero-order valence-electron chi connectivity index (χ0n) is 7.47. The minimum Gasteiger partial charge on any atom is -0.506 e. The van der Waals surface area contributed by atoms with E-state index in [4.69, 9.17) is 11.6 Å². The molecule has 1 aromatic carbocycles. The van der Waals surface area contributed by atoms with E-state index in [1.54, 1.807) is 13.1 Å². The number of halogens is 1. The van der Waals surface area contributed by atoms with Crippen molar-refractivity contribution in [2.75, 3.05) is 12.4 Å². The molecule has 0 radical (unpaired) electrons. The third-order valence-corrected chi connectivity index (χ3v) is 2.54. The van der Waals surface area contributed by atoms with Gasteiger partial charge in [-0.3, -0.25) is 4.79 Å². The summed E-state index contributed by atoms with van der Waals surface area (Å²) in [6, 6.07) is 2.65. The van der Waals surface area contributed by atoms with Crippen LogP contribution in [0.5, 0.6) is 5.75 Å². The maximum absolute atomic E-state index is 11.4. The lowest BCUT2D eigenvalue weighted by atomic mass is 10.1. The van der Waals surface area contributed by atoms with Crippen molar-refractivity contribution >= 4 is 23.2 Å². The van der Waals surface area contributed by atoms with Gasteiger partial charge in [-0.1, -0.05) is 11.6 Å². The lowest BCUT2D eigenvalue weighted by Crippen LogP contribution is -2.23. The Morgan fingerprint density at radius 3 is 2.93 bits per heavy atom. The number of hydrogen-bond acceptors (Lipinski definition) is 3. The third-order valence-electron chi connectivity index (χ3n) is 2.24. The summed E-state index contributed by atoms with van der Waals surface area (Å²) in [5, 5.41) is 15.1. The van der Waals surface area contributed by atoms with Gasteiger partial charge in [-0.05, 0) is 13.1 Å². The van der Waals surface area contributed by atoms with Gasteiger partial charge < -0.3 is 15.7 Å². The van der Waals surface area contributed by atoms with Gasteiger partial charge in [0, 0.05) is 17.3 Å². The largest absolute Gasteiger partial charge is 0.506 e. The Morgan fingerprint density at radius 1 is 1.57 bits per heavy atom. The fourth-order valence-corrected chi connectivity index (χ4v) is 1.73. The smallest absolute Gasteiger partial charge is 0.246 e. The van der Waals surface area contributed by atoms with Gasteiger partial charge >= 0.3 is 0 Å². The van der Waals surface area contributed by atoms with E-state index < -0.39 is 0 Å². The Bertz CT molecular complexity index is 406. The van der Waals surface area contributed by atoms with Crippen LogP contribution >= 0.6 is 11.6 Å². The molecule has 1 unspecified atom stereocenters. The average molecular weight is 213 g/mol. The molecule has 0 aromatic heterocycles. The number of amides is 1. The number of carbonyl (C=O) groups excluding carboxylic acids is 1. The molecular formula is C9H9ClN2O2. The predicted molar refractivity (Wildman–Crippen MR) is 53.5 cm³/mol. The van der Waals surface area contributed by atoms with Crippen molar-refractivity contribution in [2.24, 2.45) is 0 Å². The van der Waals surface area contributed by atoms with Crippen molar-refractivity contribution in [3.05, 3.63) is 22.7 Å². The molecule has 2 rings (SSSR count). The Balaban J connectivity index is 2.54. The molecule has 1 heterocycles. The van der Waals surface area contributed by atoms with E-state index in [0.29, 0.717) is 5.69 Å². The highest BCUT2D eigenvalue weighted by atomic mass is 35.5. The molecule has 0 spiro atoms. The first-order valence-electron chi connectivity index (χ1n) is 4.14. The average Bonchev–Trinajstić information content (AvgIpc) is 2.42. The summed E-state index contributed by atoms with van der Waals surface area (Å²) in [5.41, 5.74) is 1.37. The number of phenolic OH excluding ortho intramolecular Hbond substituents is 1. The molecule has 1 amide bonds. The van der Waals surface area contributed by atoms with E-state index in [-0.39, 0.29) is 22.7 Å². The van der Waals surface area contributed by atoms with Crippen LogP contribution in [0.25, 0.3) is 0 Å². The number of nitrogens with one attached hydrogen (secondary N) is 2. The molecule has 1 aromatic rings. The lowest BCUT2D eigenvalue weighted by molar-refractivity contribution is -0.117. The highest BCUT2D eigenvalue weighted by Crippen LogP contribution is 2.37. The second-order valence-corrected chi connectivity index (χ2v) is 3.51. The third kappa shape index (κ3) is 1.23. The molecule has 0 saturated heterocycles. The number of phenols is 1. The maximum atomic E-state index is 11.4. The molecule has 1 atom stereocenters. The summed E-state index contributed by atoms with van der Waals surface area (Å²) in [6.07, 6.45) is 0. The van der Waals surface area contributed by atoms with E-state index in [1.807, 2.05) is 0 Å². The molecule has 0 fully saturated rings. The first-order valence-corrected chi connectivity index (χ1v) is 4.52. The molecule has 1 aliphatic heterocycles. The molecule has 14 heavy (non-hydrogen) atoms. The number of carbonyl (C=O) groups is 1. The fraction of sp³-hybridized carbons (Fsp3) is 0.222. The Kier molecular flexibility index (Phi) is 2.09. The SMILES string of the molecule is CNC1C(=O)Nc2cc(O)c(Cl)cc21. The van der Waals surface area contributed by atoms with Crippen molar-refractivity contribution in [1.82, 2.24) is 5.32 Å². The van der Waals surface area contributed by atoms with Crippen LogP contribution in [0.3, 0.4) is 0 Å². The van der Waals surface area contributed by atoms with E-state index >= 15 is 0 Å². The quantitative estimate of drug-likeness (QED) is 0.657. The molecule has 5 heteroatoms. The lowest BCUT2D eigenvalue weighted by Gasteiger charge is -2.06. The van der Waals surface area contributed by atoms with Gasteiger partial charge in [-0.15, -0.1) is 0 Å². The highest BCUT2D eigenvalue weighted by Gasteiger charge is 2.29. The normalized spacial score (nSPS) is 19.3. The molecule has 0 saturated carbocycles. The van der Waals surface area contributed by atoms with Crippen LogP contribution < -0.4 is 10.6 Å². The number of hydrogen-bond donors (Lipinski definition) is 3. The molecule has 3 N–H and O–H groups in total. The van der Waals surface area contributed by atoms with Crippen molar-refractivity contribution in [1.29, 1.82) is 0 Å². The van der Waals surface area contributed by atoms with Gasteiger partial charge in [0.05, 0.1) is 5.02 Å². The topological polar surface area (TPSA) is 61.4 Å². The fourth-order valence-electron chi connectivity index (χ4n) is 1.56. The van der Waals surface area contributed by atoms with Crippen LogP contribution in [-0.2, 0) is 4.79 Å². The molecule has 0 bridgehead atoms. The van der Waals surface area contributed by atoms with Gasteiger partial charge in [0.1, 0.15) is 11.8 Å². The van der Waals surface area contributed by atoms with Crippen LogP contribution in [0, 0.1) is 0 Å². The van der Waals surface area contributed by atoms with Crippen molar-refractivity contribution in [2.45, 2.75) is 6.04 Å². The standard InChI is InChI=1S/C9H9ClN2O2/c1-11-8-4-2-5(10)7(13)3-6(4)12-9(8)14/h2-3,8,11,13H,1H3,(H,12,14). The van der Waals surface area contributed by atoms with E-state index in [0.717, 1.165) is 5.56 Å². The number of benzene rings is 1. The zero-order valence-corrected chi connectivity index (χ0v) is 8.22. The number of rotatable bonds is 1. The Labute approximate surface area is 85.9 Å². The van der Waals surface area contributed by atoms with Crippen LogP contribution in [0.15, 0.2) is 12.1 Å². The first-order chi connectivity index (χ1) is 6.63. The van der Waals surface area contributed by atoms with Crippen LogP contribution in [0.2, 0.25) is 5.02 Å². The zero-order chi connectivity index (χ0) is 10.3. The van der Waals surface area contributed by atoms with E-state index in [9.17, 15) is 9.90 Å². The summed E-state index contributed by atoms with van der Waals surface area (Å²) in [5.74, 6) is -0.161. The van der Waals surface area contributed by atoms with Gasteiger partial charge in [0.2, 0.25) is 5.91 Å². The Hall–Kier alpha value is -1.26. The van der Waals surface area contributed by atoms with E-state index in [2.05, 4.69) is 10.6 Å². The predicted octanol–water partition coefficient (Wildman–Crippen LogP) is 1.26. The summed E-state index contributed by atoms with van der Waals surface area (Å²) >= 11 is 5.75. The van der Waals surface area contributed by atoms with Crippen molar-refractivity contribution < 1.29 is 9.90 Å². The summed E-state index contributed by atoms with van der Waals surface area (Å²) < 4.78 is 0. The summed E-state index contributed by atoms with van der Waals surface area (Å²) in [4.78, 5) is 11.4. The Morgan fingerprint density at radius 2 is 2.29 bits per heavy atom.